The van der Waals surface area contributed by atoms with Crippen LogP contribution < -0.4 is 16.2 Å². The van der Waals surface area contributed by atoms with Crippen LogP contribution in [-0.4, -0.2) is 33.3 Å². The summed E-state index contributed by atoms with van der Waals surface area (Å²) in [6.45, 7) is 0. The van der Waals surface area contributed by atoms with Gasteiger partial charge in [-0.2, -0.15) is 0 Å². The second-order valence-corrected chi connectivity index (χ2v) is 9.28. The molecule has 0 radical (unpaired) electrons. The number of thioether (sulfide) groups is 1. The van der Waals surface area contributed by atoms with Crippen molar-refractivity contribution in [3.05, 3.63) is 62.9 Å². The third kappa shape index (κ3) is 5.26. The van der Waals surface area contributed by atoms with E-state index >= 15 is 0 Å². The molecule has 0 unspecified atom stereocenters. The first-order chi connectivity index (χ1) is 15.4. The normalized spacial score (nSPS) is 13.9. The van der Waals surface area contributed by atoms with Gasteiger partial charge in [0, 0.05) is 16.1 Å². The molecule has 4 rings (SSSR count). The average molecular weight is 491 g/mol. The van der Waals surface area contributed by atoms with E-state index in [1.54, 1.807) is 42.5 Å². The summed E-state index contributed by atoms with van der Waals surface area (Å²) in [5.74, 6) is -0.571. The Morgan fingerprint density at radius 3 is 2.47 bits per heavy atom. The smallest absolute Gasteiger partial charge is 0.321 e. The number of imide groups is 1. The molecule has 1 aromatic heterocycles. The zero-order valence-corrected chi connectivity index (χ0v) is 19.3. The van der Waals surface area contributed by atoms with Crippen LogP contribution in [0.2, 0.25) is 10.0 Å². The maximum absolute atomic E-state index is 13.2. The van der Waals surface area contributed by atoms with E-state index in [0.717, 1.165) is 37.4 Å². The summed E-state index contributed by atoms with van der Waals surface area (Å²) in [4.78, 5) is 42.2. The zero-order valence-electron chi connectivity index (χ0n) is 16.9. The summed E-state index contributed by atoms with van der Waals surface area (Å²) in [7, 11) is 0. The number of aromatic nitrogens is 2. The Morgan fingerprint density at radius 1 is 1.06 bits per heavy atom. The van der Waals surface area contributed by atoms with Gasteiger partial charge >= 0.3 is 6.03 Å². The van der Waals surface area contributed by atoms with Crippen LogP contribution in [0, 0.1) is 0 Å². The van der Waals surface area contributed by atoms with Crippen molar-refractivity contribution in [3.8, 4) is 5.69 Å². The molecule has 2 aromatic carbocycles. The van der Waals surface area contributed by atoms with Gasteiger partial charge in [-0.25, -0.2) is 9.78 Å². The number of nitrogens with one attached hydrogen (secondary N) is 2. The molecule has 166 valence electrons. The molecule has 1 aliphatic carbocycles. The second kappa shape index (κ2) is 9.94. The topological polar surface area (TPSA) is 93.1 Å². The molecule has 1 heterocycles. The van der Waals surface area contributed by atoms with Gasteiger partial charge in [0.1, 0.15) is 0 Å². The van der Waals surface area contributed by atoms with Crippen molar-refractivity contribution in [1.82, 2.24) is 20.2 Å². The van der Waals surface area contributed by atoms with Gasteiger partial charge in [0.15, 0.2) is 5.16 Å². The van der Waals surface area contributed by atoms with Crippen LogP contribution in [0.1, 0.15) is 25.7 Å². The van der Waals surface area contributed by atoms with E-state index in [0.29, 0.717) is 31.8 Å². The van der Waals surface area contributed by atoms with Crippen molar-refractivity contribution < 1.29 is 9.59 Å². The standard InChI is InChI=1S/C22H20Cl2N4O3S/c23-13-5-8-16(9-6-13)28-20(30)17-10-7-14(24)11-18(17)26-22(28)32-12-19(29)27-21(31)25-15-3-1-2-4-15/h5-11,15H,1-4,12H2,(H2,25,27,29,31). The second-order valence-electron chi connectivity index (χ2n) is 7.46. The number of carbonyl (C=O) groups is 2. The van der Waals surface area contributed by atoms with E-state index in [1.807, 2.05) is 0 Å². The quantitative estimate of drug-likeness (QED) is 0.404. The van der Waals surface area contributed by atoms with Crippen molar-refractivity contribution >= 4 is 57.8 Å². The number of halogens is 2. The number of carbonyl (C=O) groups excluding carboxylic acids is 2. The van der Waals surface area contributed by atoms with E-state index in [4.69, 9.17) is 23.2 Å². The molecule has 10 heteroatoms. The number of rotatable bonds is 5. The number of hydrogen-bond donors (Lipinski definition) is 2. The van der Waals surface area contributed by atoms with E-state index in [-0.39, 0.29) is 17.4 Å². The van der Waals surface area contributed by atoms with Gasteiger partial charge in [-0.05, 0) is 55.3 Å². The molecule has 2 N–H and O–H groups in total. The number of hydrogen-bond acceptors (Lipinski definition) is 5. The summed E-state index contributed by atoms with van der Waals surface area (Å²) < 4.78 is 1.42. The Bertz CT molecular complexity index is 1220. The van der Waals surface area contributed by atoms with Crippen LogP contribution in [-0.2, 0) is 4.79 Å². The van der Waals surface area contributed by atoms with Crippen LogP contribution in [0.4, 0.5) is 4.79 Å². The number of nitrogens with zero attached hydrogens (tertiary/aromatic N) is 2. The van der Waals surface area contributed by atoms with Gasteiger partial charge in [-0.1, -0.05) is 47.8 Å². The first kappa shape index (κ1) is 22.6. The number of urea groups is 1. The zero-order chi connectivity index (χ0) is 22.7. The Balaban J connectivity index is 1.58. The fourth-order valence-corrected chi connectivity index (χ4v) is 4.74. The van der Waals surface area contributed by atoms with Gasteiger partial charge in [-0.15, -0.1) is 0 Å². The Kier molecular flexibility index (Phi) is 7.03. The van der Waals surface area contributed by atoms with Crippen molar-refractivity contribution in [1.29, 1.82) is 0 Å². The molecule has 0 bridgehead atoms. The third-order valence-corrected chi connectivity index (χ3v) is 6.59. The summed E-state index contributed by atoms with van der Waals surface area (Å²) in [5, 5.41) is 6.84. The van der Waals surface area contributed by atoms with E-state index in [2.05, 4.69) is 15.6 Å². The van der Waals surface area contributed by atoms with E-state index in [1.165, 1.54) is 4.57 Å². The van der Waals surface area contributed by atoms with Crippen LogP contribution in [0.15, 0.2) is 52.4 Å². The molecule has 32 heavy (non-hydrogen) atoms. The highest BCUT2D eigenvalue weighted by atomic mass is 35.5. The summed E-state index contributed by atoms with van der Waals surface area (Å²) in [5.41, 5.74) is 0.691. The van der Waals surface area contributed by atoms with Gasteiger partial charge in [0.25, 0.3) is 5.56 Å². The molecule has 3 amide bonds. The summed E-state index contributed by atoms with van der Waals surface area (Å²) in [6, 6.07) is 11.2. The monoisotopic (exact) mass is 490 g/mol. The number of amides is 3. The Labute approximate surface area is 198 Å². The fraction of sp³-hybridized carbons (Fsp3) is 0.273. The number of benzene rings is 2. The molecule has 7 nitrogen and oxygen atoms in total. The van der Waals surface area contributed by atoms with Crippen LogP contribution >= 0.6 is 35.0 Å². The molecule has 1 saturated carbocycles. The lowest BCUT2D eigenvalue weighted by atomic mass is 10.2. The van der Waals surface area contributed by atoms with Gasteiger partial charge < -0.3 is 5.32 Å². The summed E-state index contributed by atoms with van der Waals surface area (Å²) in [6.07, 6.45) is 4.00. The Hall–Kier alpha value is -2.55. The Morgan fingerprint density at radius 2 is 1.75 bits per heavy atom. The van der Waals surface area contributed by atoms with Gasteiger partial charge in [0.2, 0.25) is 5.91 Å². The molecule has 1 fully saturated rings. The molecule has 3 aromatic rings. The van der Waals surface area contributed by atoms with Crippen LogP contribution in [0.25, 0.3) is 16.6 Å². The number of fused-ring (bicyclic) bond motifs is 1. The van der Waals surface area contributed by atoms with Crippen molar-refractivity contribution in [2.45, 2.75) is 36.9 Å². The van der Waals surface area contributed by atoms with E-state index < -0.39 is 11.9 Å². The highest BCUT2D eigenvalue weighted by Crippen LogP contribution is 2.24. The lowest BCUT2D eigenvalue weighted by molar-refractivity contribution is -0.117. The SMILES string of the molecule is O=C(CSc1nc2cc(Cl)ccc2c(=O)n1-c1ccc(Cl)cc1)NC(=O)NC1CCCC1. The molecular weight excluding hydrogens is 471 g/mol. The molecule has 0 aliphatic heterocycles. The van der Waals surface area contributed by atoms with Gasteiger partial charge in [-0.3, -0.25) is 19.5 Å². The maximum Gasteiger partial charge on any atom is 0.321 e. The summed E-state index contributed by atoms with van der Waals surface area (Å²) >= 11 is 13.1. The predicted molar refractivity (Wildman–Crippen MR) is 127 cm³/mol. The molecular formula is C22H20Cl2N4O3S. The minimum Gasteiger partial charge on any atom is -0.335 e. The largest absolute Gasteiger partial charge is 0.335 e. The minimum atomic E-state index is -0.504. The third-order valence-electron chi connectivity index (χ3n) is 5.16. The van der Waals surface area contributed by atoms with Crippen LogP contribution in [0.3, 0.4) is 0 Å². The molecule has 0 saturated heterocycles. The lowest BCUT2D eigenvalue weighted by Gasteiger charge is -2.14. The molecule has 1 aliphatic rings. The average Bonchev–Trinajstić information content (AvgIpc) is 3.26. The predicted octanol–water partition coefficient (Wildman–Crippen LogP) is 4.55. The highest BCUT2D eigenvalue weighted by molar-refractivity contribution is 7.99. The van der Waals surface area contributed by atoms with Crippen molar-refractivity contribution in [3.63, 3.8) is 0 Å². The van der Waals surface area contributed by atoms with Gasteiger partial charge in [0.05, 0.1) is 22.3 Å². The lowest BCUT2D eigenvalue weighted by Crippen LogP contribution is -2.44. The van der Waals surface area contributed by atoms with Crippen molar-refractivity contribution in [2.24, 2.45) is 0 Å². The minimum absolute atomic E-state index is 0.0931. The molecule has 0 spiro atoms. The fourth-order valence-electron chi connectivity index (χ4n) is 3.64. The maximum atomic E-state index is 13.2. The van der Waals surface area contributed by atoms with E-state index in [9.17, 15) is 14.4 Å². The first-order valence-corrected chi connectivity index (χ1v) is 11.9. The first-order valence-electron chi connectivity index (χ1n) is 10.1. The van der Waals surface area contributed by atoms with Crippen LogP contribution in [0.5, 0.6) is 0 Å². The highest BCUT2D eigenvalue weighted by Gasteiger charge is 2.19. The molecule has 0 atom stereocenters. The van der Waals surface area contributed by atoms with Crippen molar-refractivity contribution in [2.75, 3.05) is 5.75 Å².